The Balaban J connectivity index is 0.00000147. The van der Waals surface area contributed by atoms with Crippen LogP contribution in [0.2, 0.25) is 0 Å². The Morgan fingerprint density at radius 3 is 2.70 bits per heavy atom. The molecule has 3 rings (SSSR count). The molecule has 2 saturated heterocycles. The Morgan fingerprint density at radius 2 is 2.05 bits per heavy atom. The topological polar surface area (TPSA) is 49.4 Å². The van der Waals surface area contributed by atoms with E-state index < -0.39 is 10.0 Å². The molecule has 2 aliphatic heterocycles. The second kappa shape index (κ2) is 6.22. The fourth-order valence-electron chi connectivity index (χ4n) is 3.13. The molecule has 1 aromatic rings. The number of nitrogens with zero attached hydrogens (tertiary/aromatic N) is 1. The standard InChI is InChI=1S/C12H17BrN2O2S2.ClH/c1-8-11(6-12(13)18-8)19(16,17)15-9-2-3-10(15)7-14-5-4-9;/h6,9-10,14H,2-5,7H2,1H3;1H. The molecule has 3 heterocycles. The summed E-state index contributed by atoms with van der Waals surface area (Å²) in [6, 6.07) is 2.03. The maximum absolute atomic E-state index is 12.9. The molecule has 20 heavy (non-hydrogen) atoms. The van der Waals surface area contributed by atoms with Gasteiger partial charge in [-0.1, -0.05) is 0 Å². The van der Waals surface area contributed by atoms with Crippen LogP contribution in [0, 0.1) is 6.92 Å². The molecule has 2 unspecified atom stereocenters. The van der Waals surface area contributed by atoms with Gasteiger partial charge in [0.15, 0.2) is 0 Å². The highest BCUT2D eigenvalue weighted by Gasteiger charge is 2.43. The third kappa shape index (κ3) is 2.80. The third-order valence-corrected chi connectivity index (χ3v) is 7.80. The summed E-state index contributed by atoms with van der Waals surface area (Å²) in [5, 5.41) is 3.34. The molecule has 114 valence electrons. The molecular formula is C12H18BrClN2O2S2. The molecule has 2 fully saturated rings. The zero-order valence-corrected chi connectivity index (χ0v) is 15.2. The van der Waals surface area contributed by atoms with E-state index in [-0.39, 0.29) is 24.5 Å². The number of halogens is 2. The normalized spacial score (nSPS) is 27.1. The van der Waals surface area contributed by atoms with Gasteiger partial charge >= 0.3 is 0 Å². The molecule has 0 radical (unpaired) electrons. The van der Waals surface area contributed by atoms with Crippen molar-refractivity contribution in [3.63, 3.8) is 0 Å². The van der Waals surface area contributed by atoms with Crippen molar-refractivity contribution in [1.82, 2.24) is 9.62 Å². The van der Waals surface area contributed by atoms with Crippen LogP contribution in [0.25, 0.3) is 0 Å². The van der Waals surface area contributed by atoms with Crippen molar-refractivity contribution in [3.05, 3.63) is 14.7 Å². The lowest BCUT2D eigenvalue weighted by atomic mass is 10.1. The van der Waals surface area contributed by atoms with Crippen LogP contribution in [0.5, 0.6) is 0 Å². The summed E-state index contributed by atoms with van der Waals surface area (Å²) in [5.74, 6) is 0. The van der Waals surface area contributed by atoms with Crippen LogP contribution in [0.4, 0.5) is 0 Å². The molecule has 0 saturated carbocycles. The molecule has 4 nitrogen and oxygen atoms in total. The van der Waals surface area contributed by atoms with E-state index in [0.717, 1.165) is 41.0 Å². The first-order chi connectivity index (χ1) is 9.00. The summed E-state index contributed by atoms with van der Waals surface area (Å²) < 4.78 is 28.5. The summed E-state index contributed by atoms with van der Waals surface area (Å²) in [7, 11) is -3.36. The molecule has 0 aromatic carbocycles. The highest BCUT2D eigenvalue weighted by Crippen LogP contribution is 2.37. The summed E-state index contributed by atoms with van der Waals surface area (Å²) in [6.45, 7) is 3.57. The molecule has 0 aliphatic carbocycles. The molecular weight excluding hydrogens is 384 g/mol. The zero-order chi connectivity index (χ0) is 13.6. The highest BCUT2D eigenvalue weighted by atomic mass is 79.9. The Morgan fingerprint density at radius 1 is 1.35 bits per heavy atom. The van der Waals surface area contributed by atoms with Gasteiger partial charge < -0.3 is 5.32 Å². The van der Waals surface area contributed by atoms with Crippen molar-refractivity contribution in [3.8, 4) is 0 Å². The molecule has 0 amide bonds. The van der Waals surface area contributed by atoms with Gasteiger partial charge in [-0.15, -0.1) is 23.7 Å². The van der Waals surface area contributed by atoms with E-state index in [9.17, 15) is 8.42 Å². The molecule has 8 heteroatoms. The predicted octanol–water partition coefficient (Wildman–Crippen LogP) is 2.76. The monoisotopic (exact) mass is 400 g/mol. The van der Waals surface area contributed by atoms with Crippen molar-refractivity contribution in [2.24, 2.45) is 0 Å². The average Bonchev–Trinajstić information content (AvgIpc) is 2.78. The lowest BCUT2D eigenvalue weighted by Crippen LogP contribution is -2.42. The Kier molecular flexibility index (Phi) is 5.20. The SMILES string of the molecule is Cc1sc(Br)cc1S(=O)(=O)N1C2CCNCC1CC2.Cl. The number of hydrogen-bond acceptors (Lipinski definition) is 4. The van der Waals surface area contributed by atoms with Gasteiger partial charge in [-0.25, -0.2) is 8.42 Å². The van der Waals surface area contributed by atoms with Crippen LogP contribution in [-0.4, -0.2) is 37.9 Å². The minimum absolute atomic E-state index is 0. The van der Waals surface area contributed by atoms with Crippen molar-refractivity contribution in [2.75, 3.05) is 13.1 Å². The van der Waals surface area contributed by atoms with Gasteiger partial charge in [0, 0.05) is 23.5 Å². The largest absolute Gasteiger partial charge is 0.315 e. The van der Waals surface area contributed by atoms with Crippen LogP contribution in [0.15, 0.2) is 14.7 Å². The number of aryl methyl sites for hydroxylation is 1. The smallest absolute Gasteiger partial charge is 0.244 e. The van der Waals surface area contributed by atoms with E-state index in [1.165, 1.54) is 11.3 Å². The first-order valence-electron chi connectivity index (χ1n) is 6.50. The number of nitrogens with one attached hydrogen (secondary N) is 1. The quantitative estimate of drug-likeness (QED) is 0.829. The van der Waals surface area contributed by atoms with E-state index in [2.05, 4.69) is 21.2 Å². The second-order valence-electron chi connectivity index (χ2n) is 5.18. The Labute approximate surface area is 138 Å². The molecule has 1 aromatic heterocycles. The number of fused-ring (bicyclic) bond motifs is 2. The van der Waals surface area contributed by atoms with Gasteiger partial charge in [0.25, 0.3) is 0 Å². The molecule has 2 aliphatic rings. The van der Waals surface area contributed by atoms with Crippen molar-refractivity contribution < 1.29 is 8.42 Å². The summed E-state index contributed by atoms with van der Waals surface area (Å²) >= 11 is 4.87. The van der Waals surface area contributed by atoms with E-state index in [4.69, 9.17) is 0 Å². The van der Waals surface area contributed by atoms with E-state index in [1.54, 1.807) is 10.4 Å². The first-order valence-corrected chi connectivity index (χ1v) is 9.55. The maximum Gasteiger partial charge on any atom is 0.244 e. The predicted molar refractivity (Wildman–Crippen MR) is 87.3 cm³/mol. The fourth-order valence-corrected chi connectivity index (χ4v) is 7.42. The van der Waals surface area contributed by atoms with Crippen molar-refractivity contribution >= 4 is 49.7 Å². The molecule has 2 atom stereocenters. The summed E-state index contributed by atoms with van der Waals surface area (Å²) in [6.07, 6.45) is 2.89. The van der Waals surface area contributed by atoms with E-state index >= 15 is 0 Å². The molecule has 2 bridgehead atoms. The van der Waals surface area contributed by atoms with Gasteiger partial charge in [-0.3, -0.25) is 0 Å². The summed E-state index contributed by atoms with van der Waals surface area (Å²) in [4.78, 5) is 1.34. The molecule has 1 N–H and O–H groups in total. The lowest BCUT2D eigenvalue weighted by molar-refractivity contribution is 0.334. The van der Waals surface area contributed by atoms with E-state index in [1.807, 2.05) is 6.92 Å². The van der Waals surface area contributed by atoms with Gasteiger partial charge in [0.1, 0.15) is 0 Å². The average molecular weight is 402 g/mol. The zero-order valence-electron chi connectivity index (χ0n) is 11.1. The number of thiophene rings is 1. The van der Waals surface area contributed by atoms with Crippen LogP contribution in [-0.2, 0) is 10.0 Å². The van der Waals surface area contributed by atoms with Crippen LogP contribution < -0.4 is 5.32 Å². The Bertz CT molecular complexity index is 576. The minimum atomic E-state index is -3.36. The number of hydrogen-bond donors (Lipinski definition) is 1. The first kappa shape index (κ1) is 16.7. The summed E-state index contributed by atoms with van der Waals surface area (Å²) in [5.41, 5.74) is 0. The number of rotatable bonds is 2. The van der Waals surface area contributed by atoms with Crippen molar-refractivity contribution in [2.45, 2.75) is 43.2 Å². The molecule has 0 spiro atoms. The number of sulfonamides is 1. The van der Waals surface area contributed by atoms with Crippen LogP contribution >= 0.6 is 39.7 Å². The van der Waals surface area contributed by atoms with Gasteiger partial charge in [-0.05, 0) is 54.7 Å². The van der Waals surface area contributed by atoms with Gasteiger partial charge in [0.05, 0.1) is 8.68 Å². The Hall–Kier alpha value is 0.340. The van der Waals surface area contributed by atoms with Gasteiger partial charge in [0.2, 0.25) is 10.0 Å². The lowest BCUT2D eigenvalue weighted by Gasteiger charge is -2.26. The van der Waals surface area contributed by atoms with Crippen LogP contribution in [0.1, 0.15) is 24.1 Å². The minimum Gasteiger partial charge on any atom is -0.315 e. The third-order valence-electron chi connectivity index (χ3n) is 3.98. The van der Waals surface area contributed by atoms with Gasteiger partial charge in [-0.2, -0.15) is 4.31 Å². The fraction of sp³-hybridized carbons (Fsp3) is 0.667. The van der Waals surface area contributed by atoms with Crippen LogP contribution in [0.3, 0.4) is 0 Å². The van der Waals surface area contributed by atoms with Crippen molar-refractivity contribution in [1.29, 1.82) is 0 Å². The van der Waals surface area contributed by atoms with E-state index in [0.29, 0.717) is 4.90 Å². The highest BCUT2D eigenvalue weighted by molar-refractivity contribution is 9.11. The maximum atomic E-state index is 12.9. The second-order valence-corrected chi connectivity index (χ2v) is 9.63.